The number of aliphatic hydroxyl groups is 1. The van der Waals surface area contributed by atoms with Crippen molar-refractivity contribution in [2.45, 2.75) is 60.8 Å². The van der Waals surface area contributed by atoms with E-state index in [2.05, 4.69) is 0 Å². The summed E-state index contributed by atoms with van der Waals surface area (Å²) in [5, 5.41) is 30.6. The summed E-state index contributed by atoms with van der Waals surface area (Å²) in [7, 11) is 0. The number of carbonyl (C=O) groups is 3. The summed E-state index contributed by atoms with van der Waals surface area (Å²) >= 11 is 0. The predicted octanol–water partition coefficient (Wildman–Crippen LogP) is 5.76. The van der Waals surface area contributed by atoms with Gasteiger partial charge in [0.25, 0.3) is 0 Å². The molecule has 1 saturated carbocycles. The molecule has 0 saturated heterocycles. The van der Waals surface area contributed by atoms with Gasteiger partial charge in [-0.05, 0) is 79.0 Å². The van der Waals surface area contributed by atoms with Gasteiger partial charge in [0.15, 0.2) is 28.8 Å². The van der Waals surface area contributed by atoms with E-state index in [4.69, 9.17) is 0 Å². The molecule has 1 unspecified atom stereocenters. The first-order valence-electron chi connectivity index (χ1n) is 11.3. The topological polar surface area (TPSA) is 112 Å². The van der Waals surface area contributed by atoms with Crippen molar-refractivity contribution < 1.29 is 29.7 Å². The summed E-state index contributed by atoms with van der Waals surface area (Å²) in [6.07, 6.45) is 5.73. The quantitative estimate of drug-likeness (QED) is 0.118. The maximum Gasteiger partial charge on any atom is 0.184 e. The fourth-order valence-electron chi connectivity index (χ4n) is 3.92. The highest BCUT2D eigenvalue weighted by Gasteiger charge is 2.56. The Balaban J connectivity index is 2.84. The lowest BCUT2D eigenvalue weighted by molar-refractivity contribution is -0.148. The van der Waals surface area contributed by atoms with Crippen molar-refractivity contribution in [2.75, 3.05) is 0 Å². The number of rotatable bonds is 7. The average Bonchev–Trinajstić information content (AvgIpc) is 2.74. The highest BCUT2D eigenvalue weighted by Crippen LogP contribution is 2.44. The molecule has 0 amide bonds. The van der Waals surface area contributed by atoms with E-state index in [1.807, 2.05) is 53.7 Å². The van der Waals surface area contributed by atoms with Gasteiger partial charge in [-0.15, -0.1) is 0 Å². The summed E-state index contributed by atoms with van der Waals surface area (Å²) in [6.45, 7) is 11.2. The zero-order valence-electron chi connectivity index (χ0n) is 20.7. The lowest BCUT2D eigenvalue weighted by Gasteiger charge is -2.37. The molecule has 3 N–H and O–H groups in total. The van der Waals surface area contributed by atoms with Gasteiger partial charge in [-0.25, -0.2) is 0 Å². The molecule has 1 aromatic rings. The molecule has 0 bridgehead atoms. The van der Waals surface area contributed by atoms with Gasteiger partial charge < -0.3 is 15.3 Å². The van der Waals surface area contributed by atoms with E-state index < -0.39 is 51.5 Å². The molecule has 6 nitrogen and oxygen atoms in total. The third kappa shape index (κ3) is 5.56. The van der Waals surface area contributed by atoms with Gasteiger partial charge >= 0.3 is 0 Å². The number of ketones is 3. The molecule has 1 aliphatic rings. The molecule has 0 aliphatic heterocycles. The van der Waals surface area contributed by atoms with Crippen molar-refractivity contribution in [3.63, 3.8) is 0 Å². The van der Waals surface area contributed by atoms with Crippen molar-refractivity contribution in [2.24, 2.45) is 11.3 Å². The van der Waals surface area contributed by atoms with Crippen LogP contribution in [0.2, 0.25) is 0 Å². The summed E-state index contributed by atoms with van der Waals surface area (Å²) in [4.78, 5) is 41.2. The van der Waals surface area contributed by atoms with Gasteiger partial charge in [0.1, 0.15) is 11.3 Å². The number of aromatic hydroxyl groups is 2. The molecule has 0 spiro atoms. The Kier molecular flexibility index (Phi) is 8.43. The monoisotopic (exact) mass is 466 g/mol. The van der Waals surface area contributed by atoms with Crippen molar-refractivity contribution >= 4 is 23.1 Å². The van der Waals surface area contributed by atoms with E-state index in [1.165, 1.54) is 6.07 Å². The Bertz CT molecular complexity index is 1100. The van der Waals surface area contributed by atoms with Crippen molar-refractivity contribution in [1.82, 2.24) is 0 Å². The first-order chi connectivity index (χ1) is 15.8. The zero-order valence-corrected chi connectivity index (χ0v) is 20.7. The van der Waals surface area contributed by atoms with Gasteiger partial charge in [0, 0.05) is 5.56 Å². The van der Waals surface area contributed by atoms with Crippen LogP contribution in [-0.4, -0.2) is 32.7 Å². The number of phenols is 2. The van der Waals surface area contributed by atoms with E-state index in [0.29, 0.717) is 0 Å². The summed E-state index contributed by atoms with van der Waals surface area (Å²) in [6, 6.07) is 3.53. The Labute approximate surface area is 201 Å². The van der Waals surface area contributed by atoms with Crippen LogP contribution in [0.1, 0.15) is 66.4 Å². The molecule has 34 heavy (non-hydrogen) atoms. The van der Waals surface area contributed by atoms with Crippen LogP contribution in [-0.2, 0) is 14.4 Å². The number of benzene rings is 1. The second kappa shape index (κ2) is 10.7. The summed E-state index contributed by atoms with van der Waals surface area (Å²) in [5.74, 6) is -4.54. The Hall–Kier alpha value is -3.41. The van der Waals surface area contributed by atoms with Crippen LogP contribution in [0.15, 0.2) is 58.7 Å². The number of Topliss-reactive ketones (excluding diaryl/α,β-unsaturated/α-hetero) is 3. The molecule has 0 aromatic heterocycles. The Morgan fingerprint density at radius 2 is 1.38 bits per heavy atom. The third-order valence-electron chi connectivity index (χ3n) is 5.98. The highest BCUT2D eigenvalue weighted by molar-refractivity contribution is 6.39. The van der Waals surface area contributed by atoms with Gasteiger partial charge in [-0.1, -0.05) is 34.9 Å². The lowest BCUT2D eigenvalue weighted by Crippen LogP contribution is -2.52. The molecular formula is C28H34O6. The minimum Gasteiger partial charge on any atom is -0.506 e. The van der Waals surface area contributed by atoms with Crippen molar-refractivity contribution in [3.8, 4) is 11.5 Å². The van der Waals surface area contributed by atoms with E-state index >= 15 is 0 Å². The number of phenolic OH excluding ortho intramolecular Hbond substituents is 2. The fraction of sp³-hybridized carbons (Fsp3) is 0.393. The molecule has 6 heteroatoms. The molecule has 1 fully saturated rings. The normalized spacial score (nSPS) is 18.9. The van der Waals surface area contributed by atoms with Crippen molar-refractivity contribution in [1.29, 1.82) is 0 Å². The molecule has 2 rings (SSSR count). The number of hydrogen-bond donors (Lipinski definition) is 3. The number of aliphatic hydroxyl groups excluding tert-OH is 1. The molecule has 0 radical (unpaired) electrons. The van der Waals surface area contributed by atoms with Crippen LogP contribution in [0.25, 0.3) is 5.76 Å². The lowest BCUT2D eigenvalue weighted by atomic mass is 9.60. The highest BCUT2D eigenvalue weighted by atomic mass is 16.3. The fourth-order valence-corrected chi connectivity index (χ4v) is 3.92. The molecule has 0 heterocycles. The first kappa shape index (κ1) is 26.8. The van der Waals surface area contributed by atoms with Crippen LogP contribution >= 0.6 is 0 Å². The van der Waals surface area contributed by atoms with Crippen molar-refractivity contribution in [3.05, 3.63) is 64.3 Å². The SMILES string of the molecule is CC(C)=CCC1C(=O)/C(=C(\O)c2ccc(O)c(O)c2)C(=O)C(CC=C(C)C)(CC=C(C)C)C1=O. The minimum atomic E-state index is -1.54. The van der Waals surface area contributed by atoms with Gasteiger partial charge in [0.2, 0.25) is 0 Å². The number of carbonyl (C=O) groups excluding carboxylic acids is 3. The second-order valence-electron chi connectivity index (χ2n) is 9.61. The van der Waals surface area contributed by atoms with E-state index in [1.54, 1.807) is 6.08 Å². The standard InChI is InChI=1S/C28H34O6/c1-16(2)7-9-20-25(32)23(24(31)19-8-10-21(29)22(30)15-19)27(34)28(26(20)33,13-11-17(3)4)14-12-18(5)6/h7-8,10-12,15,20,29-31H,9,13-14H2,1-6H3/b24-23+. The summed E-state index contributed by atoms with van der Waals surface area (Å²) < 4.78 is 0. The molecule has 1 aliphatic carbocycles. The maximum atomic E-state index is 13.9. The zero-order chi connectivity index (χ0) is 25.8. The minimum absolute atomic E-state index is 0.000594. The Morgan fingerprint density at radius 1 is 0.853 bits per heavy atom. The van der Waals surface area contributed by atoms with Gasteiger partial charge in [-0.2, -0.15) is 0 Å². The van der Waals surface area contributed by atoms with Gasteiger partial charge in [0.05, 0.1) is 11.3 Å². The second-order valence-corrected chi connectivity index (χ2v) is 9.61. The molecule has 1 aromatic carbocycles. The van der Waals surface area contributed by atoms with E-state index in [9.17, 15) is 29.7 Å². The van der Waals surface area contributed by atoms with Gasteiger partial charge in [-0.3, -0.25) is 14.4 Å². The van der Waals surface area contributed by atoms with Crippen LogP contribution in [0, 0.1) is 11.3 Å². The smallest absolute Gasteiger partial charge is 0.184 e. The van der Waals surface area contributed by atoms with Crippen LogP contribution in [0.3, 0.4) is 0 Å². The summed E-state index contributed by atoms with van der Waals surface area (Å²) in [5.41, 5.74) is 0.795. The third-order valence-corrected chi connectivity index (χ3v) is 5.98. The number of hydrogen-bond acceptors (Lipinski definition) is 6. The van der Waals surface area contributed by atoms with Crippen LogP contribution in [0.4, 0.5) is 0 Å². The number of allylic oxidation sites excluding steroid dienone is 7. The van der Waals surface area contributed by atoms with E-state index in [-0.39, 0.29) is 24.8 Å². The van der Waals surface area contributed by atoms with Crippen LogP contribution < -0.4 is 0 Å². The molecular weight excluding hydrogens is 432 g/mol. The average molecular weight is 467 g/mol. The molecule has 1 atom stereocenters. The Morgan fingerprint density at radius 3 is 1.85 bits per heavy atom. The molecule has 182 valence electrons. The van der Waals surface area contributed by atoms with Crippen LogP contribution in [0.5, 0.6) is 11.5 Å². The maximum absolute atomic E-state index is 13.9. The largest absolute Gasteiger partial charge is 0.506 e. The first-order valence-corrected chi connectivity index (χ1v) is 11.3. The predicted molar refractivity (Wildman–Crippen MR) is 132 cm³/mol. The van der Waals surface area contributed by atoms with E-state index in [0.717, 1.165) is 28.9 Å².